The Morgan fingerprint density at radius 1 is 1.14 bits per heavy atom. The van der Waals surface area contributed by atoms with Crippen molar-refractivity contribution in [3.05, 3.63) is 11.6 Å². The van der Waals surface area contributed by atoms with Crippen LogP contribution in [-0.2, 0) is 23.9 Å². The van der Waals surface area contributed by atoms with Crippen molar-refractivity contribution in [1.82, 2.24) is 5.32 Å². The van der Waals surface area contributed by atoms with Gasteiger partial charge in [0.1, 0.15) is 0 Å². The maximum absolute atomic E-state index is 13.7. The molecule has 2 aliphatic carbocycles. The molecule has 7 nitrogen and oxygen atoms in total. The third-order valence-electron chi connectivity index (χ3n) is 8.79. The number of fused-ring (bicyclic) bond motifs is 2. The molecule has 2 aliphatic heterocycles. The maximum atomic E-state index is 13.7. The van der Waals surface area contributed by atoms with Crippen molar-refractivity contribution >= 4 is 17.5 Å². The molecular weight excluding hydrogens is 444 g/mol. The van der Waals surface area contributed by atoms with Gasteiger partial charge in [0.05, 0.1) is 12.8 Å². The number of hydrogen-bond donors (Lipinski definition) is 2. The smallest absolute Gasteiger partial charge is 0.349 e. The molecule has 2 heterocycles. The molecule has 0 bridgehead atoms. The van der Waals surface area contributed by atoms with Crippen molar-refractivity contribution in [3.8, 4) is 0 Å². The van der Waals surface area contributed by atoms with Crippen LogP contribution in [0, 0.1) is 17.8 Å². The number of rotatable bonds is 11. The van der Waals surface area contributed by atoms with Gasteiger partial charge in [0.15, 0.2) is 17.2 Å². The minimum absolute atomic E-state index is 0.0573. The summed E-state index contributed by atoms with van der Waals surface area (Å²) in [5.74, 6) is -1.06. The third kappa shape index (κ3) is 5.14. The van der Waals surface area contributed by atoms with Gasteiger partial charge < -0.3 is 20.5 Å². The maximum Gasteiger partial charge on any atom is 0.349 e. The van der Waals surface area contributed by atoms with Crippen molar-refractivity contribution in [2.24, 2.45) is 23.5 Å². The highest BCUT2D eigenvalue weighted by Crippen LogP contribution is 2.61. The Labute approximate surface area is 209 Å². The number of Topliss-reactive ketones (excluding diaryl/α,β-unsaturated/α-hetero) is 2. The zero-order chi connectivity index (χ0) is 25.1. The Balaban J connectivity index is 1.45. The summed E-state index contributed by atoms with van der Waals surface area (Å²) in [6.45, 7) is 5.41. The number of ketones is 2. The van der Waals surface area contributed by atoms with Gasteiger partial charge in [0.25, 0.3) is 5.60 Å². The molecule has 2 saturated heterocycles. The molecule has 0 radical (unpaired) electrons. The van der Waals surface area contributed by atoms with E-state index in [1.165, 1.54) is 0 Å². The Bertz CT molecular complexity index is 841. The number of nitrogens with one attached hydrogen (secondary N) is 1. The van der Waals surface area contributed by atoms with Crippen molar-refractivity contribution in [2.75, 3.05) is 13.2 Å². The molecule has 4 aliphatic rings. The molecule has 0 aromatic carbocycles. The Hall–Kier alpha value is -1.57. The van der Waals surface area contributed by atoms with Crippen LogP contribution in [-0.4, -0.2) is 48.1 Å². The van der Waals surface area contributed by atoms with Crippen LogP contribution in [0.4, 0.5) is 0 Å². The number of allylic oxidation sites excluding steroid dienone is 1. The fraction of sp³-hybridized carbons (Fsp3) is 0.821. The second-order valence-electron chi connectivity index (χ2n) is 11.3. The van der Waals surface area contributed by atoms with Gasteiger partial charge in [0, 0.05) is 18.3 Å². The van der Waals surface area contributed by atoms with Crippen LogP contribution in [0.2, 0.25) is 0 Å². The minimum atomic E-state index is -1.73. The summed E-state index contributed by atoms with van der Waals surface area (Å²) in [5, 5.41) is 3.28. The summed E-state index contributed by atoms with van der Waals surface area (Å²) in [5.41, 5.74) is 4.10. The van der Waals surface area contributed by atoms with Crippen LogP contribution in [0.5, 0.6) is 0 Å². The lowest BCUT2D eigenvalue weighted by Crippen LogP contribution is -2.58. The first kappa shape index (κ1) is 26.5. The zero-order valence-electron chi connectivity index (χ0n) is 21.6. The zero-order valence-corrected chi connectivity index (χ0v) is 21.6. The van der Waals surface area contributed by atoms with E-state index in [-0.39, 0.29) is 36.7 Å². The van der Waals surface area contributed by atoms with Crippen LogP contribution < -0.4 is 11.1 Å². The summed E-state index contributed by atoms with van der Waals surface area (Å²) in [6, 6.07) is 0. The molecule has 35 heavy (non-hydrogen) atoms. The van der Waals surface area contributed by atoms with E-state index in [4.69, 9.17) is 15.2 Å². The predicted octanol–water partition coefficient (Wildman–Crippen LogP) is 3.98. The summed E-state index contributed by atoms with van der Waals surface area (Å²) >= 11 is 0. The largest absolute Gasteiger partial charge is 0.463 e. The number of carbonyl (C=O) groups is 3. The van der Waals surface area contributed by atoms with Crippen molar-refractivity contribution in [1.29, 1.82) is 0 Å². The lowest BCUT2D eigenvalue weighted by Gasteiger charge is -2.36. The molecule has 4 rings (SSSR count). The van der Waals surface area contributed by atoms with E-state index in [0.29, 0.717) is 18.8 Å². The summed E-state index contributed by atoms with van der Waals surface area (Å²) < 4.78 is 11.6. The molecule has 4 fully saturated rings. The van der Waals surface area contributed by atoms with E-state index in [9.17, 15) is 14.4 Å². The first-order valence-electron chi connectivity index (χ1n) is 14.0. The average Bonchev–Trinajstić information content (AvgIpc) is 3.57. The number of hydrogen-bond acceptors (Lipinski definition) is 7. The van der Waals surface area contributed by atoms with Gasteiger partial charge in [-0.2, -0.15) is 0 Å². The SMILES string of the molecule is CCCCCCOC(=O)[C@]12O[C@@]1(CC=C(C)CCC1CCNC(N)C1)C(=O)C1CCCCC1C2=O. The molecule has 0 aromatic rings. The van der Waals surface area contributed by atoms with E-state index in [1.54, 1.807) is 0 Å². The lowest BCUT2D eigenvalue weighted by molar-refractivity contribution is -0.158. The fourth-order valence-corrected chi connectivity index (χ4v) is 6.56. The van der Waals surface area contributed by atoms with Crippen LogP contribution in [0.1, 0.15) is 97.3 Å². The summed E-state index contributed by atoms with van der Waals surface area (Å²) in [4.78, 5) is 40.6. The number of nitrogens with two attached hydrogens (primary N) is 1. The van der Waals surface area contributed by atoms with E-state index in [1.807, 2.05) is 6.08 Å². The second-order valence-corrected chi connectivity index (χ2v) is 11.3. The fourth-order valence-electron chi connectivity index (χ4n) is 6.56. The summed E-state index contributed by atoms with van der Waals surface area (Å²) in [7, 11) is 0. The average molecular weight is 489 g/mol. The van der Waals surface area contributed by atoms with Gasteiger partial charge in [-0.05, 0) is 64.3 Å². The highest BCUT2D eigenvalue weighted by atomic mass is 16.7. The number of unbranched alkanes of at least 4 members (excludes halogenated alkanes) is 3. The summed E-state index contributed by atoms with van der Waals surface area (Å²) in [6.07, 6.45) is 13.6. The van der Waals surface area contributed by atoms with E-state index in [2.05, 4.69) is 19.2 Å². The van der Waals surface area contributed by atoms with Crippen LogP contribution in [0.15, 0.2) is 11.6 Å². The Kier molecular flexibility index (Phi) is 8.49. The van der Waals surface area contributed by atoms with Crippen molar-refractivity contribution in [3.63, 3.8) is 0 Å². The van der Waals surface area contributed by atoms with Gasteiger partial charge in [-0.25, -0.2) is 4.79 Å². The predicted molar refractivity (Wildman–Crippen MR) is 133 cm³/mol. The molecule has 4 unspecified atom stereocenters. The van der Waals surface area contributed by atoms with Gasteiger partial charge in [0.2, 0.25) is 0 Å². The number of esters is 1. The third-order valence-corrected chi connectivity index (χ3v) is 8.79. The molecular formula is C28H44N2O5. The van der Waals surface area contributed by atoms with E-state index >= 15 is 0 Å². The molecule has 0 amide bonds. The normalized spacial score (nSPS) is 36.9. The first-order chi connectivity index (χ1) is 16.9. The van der Waals surface area contributed by atoms with Crippen molar-refractivity contribution in [2.45, 2.75) is 115 Å². The molecule has 3 N–H and O–H groups in total. The topological polar surface area (TPSA) is 111 Å². The number of epoxide rings is 1. The van der Waals surface area contributed by atoms with Crippen LogP contribution in [0.25, 0.3) is 0 Å². The highest BCUT2D eigenvalue weighted by Gasteiger charge is 2.86. The molecule has 0 spiro atoms. The number of carbonyl (C=O) groups excluding carboxylic acids is 3. The lowest BCUT2D eigenvalue weighted by atomic mass is 9.61. The van der Waals surface area contributed by atoms with E-state index < -0.39 is 23.1 Å². The highest BCUT2D eigenvalue weighted by molar-refractivity contribution is 6.23. The van der Waals surface area contributed by atoms with Gasteiger partial charge in [-0.1, -0.05) is 50.7 Å². The standard InChI is InChI=1S/C28H44N2O5/c1-3-4-5-8-17-34-26(33)28-25(32)22-10-7-6-9-21(22)24(31)27(28,35-28)15-13-19(2)11-12-20-14-16-30-23(29)18-20/h13,20-23,30H,3-12,14-18,29H2,1-2H3/t20?,21?,22?,23?,27-,28-/m0/s1. The van der Waals surface area contributed by atoms with Gasteiger partial charge in [-0.15, -0.1) is 0 Å². The van der Waals surface area contributed by atoms with Crippen molar-refractivity contribution < 1.29 is 23.9 Å². The molecule has 196 valence electrons. The van der Waals surface area contributed by atoms with E-state index in [0.717, 1.165) is 76.3 Å². The number of ether oxygens (including phenoxy) is 2. The van der Waals surface area contributed by atoms with Crippen LogP contribution >= 0.6 is 0 Å². The Morgan fingerprint density at radius 2 is 1.89 bits per heavy atom. The monoisotopic (exact) mass is 488 g/mol. The molecule has 0 aromatic heterocycles. The Morgan fingerprint density at radius 3 is 2.60 bits per heavy atom. The molecule has 2 saturated carbocycles. The second kappa shape index (κ2) is 11.2. The van der Waals surface area contributed by atoms with Gasteiger partial charge in [-0.3, -0.25) is 9.59 Å². The van der Waals surface area contributed by atoms with Crippen LogP contribution in [0.3, 0.4) is 0 Å². The van der Waals surface area contributed by atoms with Gasteiger partial charge >= 0.3 is 5.97 Å². The molecule has 7 heteroatoms. The number of piperidine rings is 1. The molecule has 6 atom stereocenters. The quantitative estimate of drug-likeness (QED) is 0.149. The first-order valence-corrected chi connectivity index (χ1v) is 14.0. The minimum Gasteiger partial charge on any atom is -0.463 e.